The predicted molar refractivity (Wildman–Crippen MR) is 83.9 cm³/mol. The van der Waals surface area contributed by atoms with Gasteiger partial charge < -0.3 is 4.74 Å². The molecule has 1 aliphatic carbocycles. The molecule has 1 aromatic carbocycles. The molecule has 0 spiro atoms. The average molecular weight is 362 g/mol. The number of hydrogen-bond donors (Lipinski definition) is 1. The fourth-order valence-electron chi connectivity index (χ4n) is 2.85. The molecule has 1 fully saturated rings. The maximum absolute atomic E-state index is 11.7. The minimum Gasteiger partial charge on any atom is -0.497 e. The summed E-state index contributed by atoms with van der Waals surface area (Å²) in [6, 6.07) is 7.97. The van der Waals surface area contributed by atoms with Gasteiger partial charge in [0.2, 0.25) is 10.0 Å². The summed E-state index contributed by atoms with van der Waals surface area (Å²) in [5, 5.41) is 0. The first-order valence-corrected chi connectivity index (χ1v) is 9.47. The van der Waals surface area contributed by atoms with E-state index in [0.29, 0.717) is 6.54 Å². The molecule has 0 amide bonds. The second kappa shape index (κ2) is 6.45. The maximum Gasteiger partial charge on any atom is 0.221 e. The molecule has 1 saturated carbocycles. The number of benzene rings is 1. The lowest BCUT2D eigenvalue weighted by atomic mass is 9.79. The van der Waals surface area contributed by atoms with Crippen LogP contribution in [0.1, 0.15) is 31.2 Å². The first-order valence-electron chi connectivity index (χ1n) is 6.69. The normalized spacial score (nSPS) is 18.1. The van der Waals surface area contributed by atoms with Gasteiger partial charge in [-0.05, 0) is 30.5 Å². The lowest BCUT2D eigenvalue weighted by Crippen LogP contribution is -2.39. The highest BCUT2D eigenvalue weighted by Crippen LogP contribution is 2.41. The van der Waals surface area contributed by atoms with Crippen LogP contribution in [0.25, 0.3) is 0 Å². The SMILES string of the molecule is COc1ccc(C2(CNS(=O)(=O)CBr)CCCC2)cc1. The van der Waals surface area contributed by atoms with Gasteiger partial charge in [0, 0.05) is 12.0 Å². The van der Waals surface area contributed by atoms with Crippen LogP contribution in [0.15, 0.2) is 24.3 Å². The molecule has 1 aromatic rings. The first-order chi connectivity index (χ1) is 9.51. The van der Waals surface area contributed by atoms with E-state index in [-0.39, 0.29) is 10.1 Å². The van der Waals surface area contributed by atoms with Crippen molar-refractivity contribution in [3.63, 3.8) is 0 Å². The van der Waals surface area contributed by atoms with E-state index >= 15 is 0 Å². The Kier molecular flexibility index (Phi) is 5.09. The molecule has 0 aromatic heterocycles. The van der Waals surface area contributed by atoms with E-state index in [2.05, 4.69) is 20.7 Å². The van der Waals surface area contributed by atoms with Gasteiger partial charge in [0.15, 0.2) is 0 Å². The largest absolute Gasteiger partial charge is 0.497 e. The third-order valence-electron chi connectivity index (χ3n) is 4.04. The second-order valence-corrected chi connectivity index (χ2v) is 8.37. The summed E-state index contributed by atoms with van der Waals surface area (Å²) in [7, 11) is -1.58. The van der Waals surface area contributed by atoms with E-state index in [1.165, 1.54) is 5.56 Å². The topological polar surface area (TPSA) is 55.4 Å². The molecular weight excluding hydrogens is 342 g/mol. The number of sulfonamides is 1. The van der Waals surface area contributed by atoms with E-state index < -0.39 is 10.0 Å². The van der Waals surface area contributed by atoms with Crippen LogP contribution < -0.4 is 9.46 Å². The zero-order chi connectivity index (χ0) is 14.6. The molecule has 0 heterocycles. The van der Waals surface area contributed by atoms with Crippen molar-refractivity contribution in [2.24, 2.45) is 0 Å². The number of rotatable bonds is 6. The maximum atomic E-state index is 11.7. The summed E-state index contributed by atoms with van der Waals surface area (Å²) < 4.78 is 31.1. The van der Waals surface area contributed by atoms with Crippen LogP contribution in [0.3, 0.4) is 0 Å². The Hall–Kier alpha value is -0.590. The molecular formula is C14H20BrNO3S. The first kappa shape index (κ1) is 15.8. The molecule has 4 nitrogen and oxygen atoms in total. The fraction of sp³-hybridized carbons (Fsp3) is 0.571. The van der Waals surface area contributed by atoms with Crippen molar-refractivity contribution in [3.8, 4) is 5.75 Å². The number of hydrogen-bond acceptors (Lipinski definition) is 3. The minimum atomic E-state index is -3.22. The van der Waals surface area contributed by atoms with Crippen molar-refractivity contribution >= 4 is 26.0 Å². The molecule has 0 unspecified atom stereocenters. The zero-order valence-corrected chi connectivity index (χ0v) is 14.0. The lowest BCUT2D eigenvalue weighted by Gasteiger charge is -2.30. The van der Waals surface area contributed by atoms with E-state index in [0.717, 1.165) is 31.4 Å². The Balaban J connectivity index is 2.20. The number of alkyl halides is 1. The average Bonchev–Trinajstić information content (AvgIpc) is 2.96. The molecule has 20 heavy (non-hydrogen) atoms. The Bertz CT molecular complexity index is 536. The predicted octanol–water partition coefficient (Wildman–Crippen LogP) is 2.78. The monoisotopic (exact) mass is 361 g/mol. The molecule has 0 radical (unpaired) electrons. The van der Waals surface area contributed by atoms with Crippen LogP contribution in [0.5, 0.6) is 5.75 Å². The van der Waals surface area contributed by atoms with E-state index in [1.807, 2.05) is 24.3 Å². The fourth-order valence-corrected chi connectivity index (χ4v) is 3.91. The Morgan fingerprint density at radius 2 is 1.85 bits per heavy atom. The summed E-state index contributed by atoms with van der Waals surface area (Å²) in [5.41, 5.74) is 1.11. The van der Waals surface area contributed by atoms with Gasteiger partial charge in [0.05, 0.1) is 7.11 Å². The van der Waals surface area contributed by atoms with Gasteiger partial charge in [-0.1, -0.05) is 40.9 Å². The Morgan fingerprint density at radius 3 is 2.35 bits per heavy atom. The molecule has 1 N–H and O–H groups in total. The minimum absolute atomic E-state index is 0.0569. The Morgan fingerprint density at radius 1 is 1.25 bits per heavy atom. The van der Waals surface area contributed by atoms with Crippen LogP contribution in [-0.2, 0) is 15.4 Å². The smallest absolute Gasteiger partial charge is 0.221 e. The zero-order valence-electron chi connectivity index (χ0n) is 11.6. The van der Waals surface area contributed by atoms with Crippen molar-refractivity contribution in [1.82, 2.24) is 4.72 Å². The lowest BCUT2D eigenvalue weighted by molar-refractivity contribution is 0.410. The molecule has 1 aliphatic rings. The van der Waals surface area contributed by atoms with Crippen molar-refractivity contribution in [1.29, 1.82) is 0 Å². The Labute approximate surface area is 129 Å². The standard InChI is InChI=1S/C14H20BrNO3S/c1-19-13-6-4-12(5-7-13)14(8-2-3-9-14)10-16-20(17,18)11-15/h4-7,16H,2-3,8-11H2,1H3. The van der Waals surface area contributed by atoms with Crippen molar-refractivity contribution in [3.05, 3.63) is 29.8 Å². The summed E-state index contributed by atoms with van der Waals surface area (Å²) >= 11 is 3.01. The van der Waals surface area contributed by atoms with Gasteiger partial charge in [0.25, 0.3) is 0 Å². The third-order valence-corrected chi connectivity index (χ3v) is 6.72. The van der Waals surface area contributed by atoms with Crippen molar-refractivity contribution in [2.75, 3.05) is 18.3 Å². The van der Waals surface area contributed by atoms with Crippen LogP contribution in [-0.4, -0.2) is 26.7 Å². The number of ether oxygens (including phenoxy) is 1. The number of nitrogens with one attached hydrogen (secondary N) is 1. The van der Waals surface area contributed by atoms with Crippen LogP contribution in [0.4, 0.5) is 0 Å². The van der Waals surface area contributed by atoms with Gasteiger partial charge in [0.1, 0.15) is 10.4 Å². The highest BCUT2D eigenvalue weighted by atomic mass is 79.9. The van der Waals surface area contributed by atoms with Gasteiger partial charge in [-0.3, -0.25) is 0 Å². The van der Waals surface area contributed by atoms with Gasteiger partial charge in [-0.25, -0.2) is 13.1 Å². The molecule has 0 atom stereocenters. The van der Waals surface area contributed by atoms with Gasteiger partial charge in [-0.2, -0.15) is 0 Å². The van der Waals surface area contributed by atoms with Gasteiger partial charge in [-0.15, -0.1) is 0 Å². The molecule has 6 heteroatoms. The highest BCUT2D eigenvalue weighted by Gasteiger charge is 2.36. The summed E-state index contributed by atoms with van der Waals surface area (Å²) in [4.78, 5) is 0. The number of halogens is 1. The highest BCUT2D eigenvalue weighted by molar-refractivity contribution is 9.10. The molecule has 0 bridgehead atoms. The molecule has 0 aliphatic heterocycles. The quantitative estimate of drug-likeness (QED) is 0.792. The summed E-state index contributed by atoms with van der Waals surface area (Å²) in [6.45, 7) is 0.466. The summed E-state index contributed by atoms with van der Waals surface area (Å²) in [6.07, 6.45) is 4.32. The molecule has 2 rings (SSSR count). The van der Waals surface area contributed by atoms with E-state index in [4.69, 9.17) is 4.74 Å². The molecule has 0 saturated heterocycles. The van der Waals surface area contributed by atoms with Gasteiger partial charge >= 0.3 is 0 Å². The van der Waals surface area contributed by atoms with Crippen LogP contribution in [0, 0.1) is 0 Å². The summed E-state index contributed by atoms with van der Waals surface area (Å²) in [5.74, 6) is 0.822. The van der Waals surface area contributed by atoms with Crippen LogP contribution in [0.2, 0.25) is 0 Å². The van der Waals surface area contributed by atoms with Crippen molar-refractivity contribution < 1.29 is 13.2 Å². The van der Waals surface area contributed by atoms with Crippen LogP contribution >= 0.6 is 15.9 Å². The van der Waals surface area contributed by atoms with E-state index in [1.54, 1.807) is 7.11 Å². The molecule has 112 valence electrons. The van der Waals surface area contributed by atoms with E-state index in [9.17, 15) is 8.42 Å². The second-order valence-electron chi connectivity index (χ2n) is 5.26. The number of methoxy groups -OCH3 is 1. The van der Waals surface area contributed by atoms with Crippen molar-refractivity contribution in [2.45, 2.75) is 31.1 Å². The third kappa shape index (κ3) is 3.54.